The van der Waals surface area contributed by atoms with Crippen molar-refractivity contribution < 1.29 is 4.79 Å². The highest BCUT2D eigenvalue weighted by atomic mass is 32.1. The normalized spacial score (nSPS) is 12.1. The maximum atomic E-state index is 11.9. The Morgan fingerprint density at radius 2 is 1.95 bits per heavy atom. The molecule has 2 rings (SSSR count). The smallest absolute Gasteiger partial charge is 0.251 e. The highest BCUT2D eigenvalue weighted by molar-refractivity contribution is 7.10. The van der Waals surface area contributed by atoms with Gasteiger partial charge in [-0.25, -0.2) is 0 Å². The number of benzene rings is 1. The van der Waals surface area contributed by atoms with E-state index in [4.69, 9.17) is 0 Å². The second-order valence-electron chi connectivity index (χ2n) is 4.81. The number of thiophene rings is 1. The van der Waals surface area contributed by atoms with Gasteiger partial charge in [-0.05, 0) is 37.4 Å². The Hall–Kier alpha value is -1.65. The lowest BCUT2D eigenvalue weighted by Crippen LogP contribution is -2.32. The van der Waals surface area contributed by atoms with Crippen molar-refractivity contribution in [3.8, 4) is 0 Å². The number of hydrogen-bond donors (Lipinski definition) is 2. The lowest BCUT2D eigenvalue weighted by Gasteiger charge is -2.12. The summed E-state index contributed by atoms with van der Waals surface area (Å²) in [7, 11) is 0. The first-order chi connectivity index (χ1) is 9.66. The van der Waals surface area contributed by atoms with Gasteiger partial charge in [0.05, 0.1) is 0 Å². The fourth-order valence-electron chi connectivity index (χ4n) is 1.91. The van der Waals surface area contributed by atoms with Crippen LogP contribution in [0.15, 0.2) is 41.8 Å². The predicted octanol–water partition coefficient (Wildman–Crippen LogP) is 3.14. The van der Waals surface area contributed by atoms with Crippen LogP contribution in [0.25, 0.3) is 0 Å². The average molecular weight is 288 g/mol. The van der Waals surface area contributed by atoms with Crippen LogP contribution < -0.4 is 10.6 Å². The first-order valence-corrected chi connectivity index (χ1v) is 7.66. The van der Waals surface area contributed by atoms with Gasteiger partial charge in [0.15, 0.2) is 0 Å². The van der Waals surface area contributed by atoms with Gasteiger partial charge in [0.1, 0.15) is 0 Å². The van der Waals surface area contributed by atoms with Crippen LogP contribution in [0.5, 0.6) is 0 Å². The molecule has 1 amide bonds. The third-order valence-electron chi connectivity index (χ3n) is 3.14. The first kappa shape index (κ1) is 14.8. The van der Waals surface area contributed by atoms with Crippen LogP contribution in [0, 0.1) is 6.92 Å². The van der Waals surface area contributed by atoms with E-state index < -0.39 is 0 Å². The number of aryl methyl sites for hydroxylation is 1. The summed E-state index contributed by atoms with van der Waals surface area (Å²) in [5.74, 6) is -0.0180. The number of hydrogen-bond acceptors (Lipinski definition) is 3. The van der Waals surface area contributed by atoms with Gasteiger partial charge >= 0.3 is 0 Å². The van der Waals surface area contributed by atoms with Crippen molar-refractivity contribution in [1.82, 2.24) is 10.6 Å². The summed E-state index contributed by atoms with van der Waals surface area (Å²) >= 11 is 1.74. The summed E-state index contributed by atoms with van der Waals surface area (Å²) in [4.78, 5) is 13.2. The van der Waals surface area contributed by atoms with Gasteiger partial charge < -0.3 is 10.6 Å². The summed E-state index contributed by atoms with van der Waals surface area (Å²) in [6, 6.07) is 12.1. The maximum Gasteiger partial charge on any atom is 0.251 e. The molecule has 0 saturated heterocycles. The van der Waals surface area contributed by atoms with Crippen LogP contribution in [0.4, 0.5) is 0 Å². The van der Waals surface area contributed by atoms with Crippen LogP contribution in [0.2, 0.25) is 0 Å². The second-order valence-corrected chi connectivity index (χ2v) is 5.79. The molecule has 1 aromatic carbocycles. The van der Waals surface area contributed by atoms with E-state index in [-0.39, 0.29) is 5.91 Å². The zero-order chi connectivity index (χ0) is 14.4. The Balaban J connectivity index is 1.70. The van der Waals surface area contributed by atoms with Crippen molar-refractivity contribution in [1.29, 1.82) is 0 Å². The Labute approximate surface area is 124 Å². The molecule has 106 valence electrons. The predicted molar refractivity (Wildman–Crippen MR) is 84.2 cm³/mol. The van der Waals surface area contributed by atoms with E-state index in [1.165, 1.54) is 4.88 Å². The van der Waals surface area contributed by atoms with Crippen molar-refractivity contribution in [3.63, 3.8) is 0 Å². The third kappa shape index (κ3) is 4.18. The topological polar surface area (TPSA) is 41.1 Å². The number of rotatable bonds is 6. The Kier molecular flexibility index (Phi) is 5.32. The minimum atomic E-state index is -0.0180. The molecule has 0 fully saturated rings. The number of nitrogens with one attached hydrogen (secondary N) is 2. The fraction of sp³-hybridized carbons (Fsp3) is 0.312. The average Bonchev–Trinajstić information content (AvgIpc) is 2.98. The molecule has 4 heteroatoms. The summed E-state index contributed by atoms with van der Waals surface area (Å²) in [6.45, 7) is 5.53. The summed E-state index contributed by atoms with van der Waals surface area (Å²) in [6.07, 6.45) is 0. The molecular weight excluding hydrogens is 268 g/mol. The molecule has 2 N–H and O–H groups in total. The van der Waals surface area contributed by atoms with E-state index in [0.717, 1.165) is 12.1 Å². The lowest BCUT2D eigenvalue weighted by atomic mass is 10.1. The molecule has 1 atom stereocenters. The van der Waals surface area contributed by atoms with Crippen LogP contribution in [-0.4, -0.2) is 19.0 Å². The van der Waals surface area contributed by atoms with E-state index in [1.807, 2.05) is 31.2 Å². The van der Waals surface area contributed by atoms with E-state index in [9.17, 15) is 4.79 Å². The number of carbonyl (C=O) groups is 1. The van der Waals surface area contributed by atoms with E-state index >= 15 is 0 Å². The minimum Gasteiger partial charge on any atom is -0.351 e. The van der Waals surface area contributed by atoms with Crippen LogP contribution in [0.1, 0.15) is 33.8 Å². The quantitative estimate of drug-likeness (QED) is 0.802. The third-order valence-corrected chi connectivity index (χ3v) is 4.20. The number of amides is 1. The molecule has 0 spiro atoms. The maximum absolute atomic E-state index is 11.9. The lowest BCUT2D eigenvalue weighted by molar-refractivity contribution is 0.0953. The molecule has 0 aliphatic carbocycles. The highest BCUT2D eigenvalue weighted by Gasteiger charge is 2.06. The van der Waals surface area contributed by atoms with Gasteiger partial charge in [-0.2, -0.15) is 0 Å². The van der Waals surface area contributed by atoms with Crippen molar-refractivity contribution in [2.75, 3.05) is 13.1 Å². The summed E-state index contributed by atoms with van der Waals surface area (Å²) in [5, 5.41) is 8.39. The largest absolute Gasteiger partial charge is 0.351 e. The SMILES string of the molecule is Cc1ccc(C(=O)NCCNC(C)c2cccs2)cc1. The Morgan fingerprint density at radius 3 is 2.60 bits per heavy atom. The minimum absolute atomic E-state index is 0.0180. The molecule has 1 heterocycles. The molecule has 1 unspecified atom stereocenters. The Morgan fingerprint density at radius 1 is 1.20 bits per heavy atom. The molecule has 0 bridgehead atoms. The summed E-state index contributed by atoms with van der Waals surface area (Å²) < 4.78 is 0. The van der Waals surface area contributed by atoms with Crippen LogP contribution in [0.3, 0.4) is 0 Å². The molecule has 0 saturated carbocycles. The fourth-order valence-corrected chi connectivity index (χ4v) is 2.67. The zero-order valence-electron chi connectivity index (χ0n) is 11.8. The van der Waals surface area contributed by atoms with Gasteiger partial charge in [0, 0.05) is 29.6 Å². The van der Waals surface area contributed by atoms with E-state index in [1.54, 1.807) is 11.3 Å². The first-order valence-electron chi connectivity index (χ1n) is 6.78. The van der Waals surface area contributed by atoms with Gasteiger partial charge in [0.25, 0.3) is 5.91 Å². The number of carbonyl (C=O) groups excluding carboxylic acids is 1. The van der Waals surface area contributed by atoms with Crippen molar-refractivity contribution >= 4 is 17.2 Å². The van der Waals surface area contributed by atoms with E-state index in [2.05, 4.69) is 35.1 Å². The van der Waals surface area contributed by atoms with Gasteiger partial charge in [-0.3, -0.25) is 4.79 Å². The molecule has 0 aliphatic heterocycles. The van der Waals surface area contributed by atoms with Crippen LogP contribution >= 0.6 is 11.3 Å². The monoisotopic (exact) mass is 288 g/mol. The molecule has 3 nitrogen and oxygen atoms in total. The molecule has 0 aliphatic rings. The Bertz CT molecular complexity index is 534. The van der Waals surface area contributed by atoms with Gasteiger partial charge in [-0.15, -0.1) is 11.3 Å². The standard InChI is InChI=1S/C16H20N2OS/c1-12-5-7-14(8-6-12)16(19)18-10-9-17-13(2)15-4-3-11-20-15/h3-8,11,13,17H,9-10H2,1-2H3,(H,18,19). The van der Waals surface area contributed by atoms with Crippen molar-refractivity contribution in [3.05, 3.63) is 57.8 Å². The van der Waals surface area contributed by atoms with Gasteiger partial charge in [-0.1, -0.05) is 23.8 Å². The summed E-state index contributed by atoms with van der Waals surface area (Å²) in [5.41, 5.74) is 1.87. The van der Waals surface area contributed by atoms with Gasteiger partial charge in [0.2, 0.25) is 0 Å². The van der Waals surface area contributed by atoms with Crippen LogP contribution in [-0.2, 0) is 0 Å². The van der Waals surface area contributed by atoms with Crippen molar-refractivity contribution in [2.45, 2.75) is 19.9 Å². The molecule has 1 aromatic heterocycles. The molecular formula is C16H20N2OS. The second kappa shape index (κ2) is 7.22. The molecule has 20 heavy (non-hydrogen) atoms. The van der Waals surface area contributed by atoms with E-state index in [0.29, 0.717) is 18.2 Å². The highest BCUT2D eigenvalue weighted by Crippen LogP contribution is 2.17. The molecule has 0 radical (unpaired) electrons. The zero-order valence-corrected chi connectivity index (χ0v) is 12.7. The van der Waals surface area contributed by atoms with Crippen molar-refractivity contribution in [2.24, 2.45) is 0 Å². The molecule has 2 aromatic rings.